The Morgan fingerprint density at radius 2 is 1.51 bits per heavy atom. The van der Waals surface area contributed by atoms with Crippen molar-refractivity contribution in [1.82, 2.24) is 10.2 Å². The van der Waals surface area contributed by atoms with E-state index < -0.39 is 28.5 Å². The molecule has 0 aliphatic carbocycles. The molecule has 3 aromatic rings. The predicted molar refractivity (Wildman–Crippen MR) is 159 cm³/mol. The summed E-state index contributed by atoms with van der Waals surface area (Å²) in [6.07, 6.45) is 1.07. The minimum absolute atomic E-state index is 0.0406. The zero-order valence-corrected chi connectivity index (χ0v) is 25.1. The van der Waals surface area contributed by atoms with E-state index in [0.29, 0.717) is 17.9 Å². The number of hydrogen-bond donors (Lipinski definition) is 1. The van der Waals surface area contributed by atoms with Gasteiger partial charge in [0, 0.05) is 18.7 Å². The number of benzene rings is 3. The highest BCUT2D eigenvalue weighted by Crippen LogP contribution is 2.28. The normalized spacial score (nSPS) is 12.6. The monoisotopic (exact) mass is 581 g/mol. The minimum Gasteiger partial charge on any atom is -0.497 e. The van der Waals surface area contributed by atoms with Gasteiger partial charge in [0.2, 0.25) is 11.8 Å². The zero-order valence-electron chi connectivity index (χ0n) is 24.2. The van der Waals surface area contributed by atoms with Crippen molar-refractivity contribution in [3.05, 3.63) is 84.4 Å². The number of carbonyl (C=O) groups excluding carboxylic acids is 2. The lowest BCUT2D eigenvalue weighted by Crippen LogP contribution is -2.53. The first-order valence-corrected chi connectivity index (χ1v) is 15.0. The van der Waals surface area contributed by atoms with E-state index in [1.165, 1.54) is 24.1 Å². The summed E-state index contributed by atoms with van der Waals surface area (Å²) in [4.78, 5) is 29.0. The van der Waals surface area contributed by atoms with Gasteiger partial charge in [-0.05, 0) is 61.7 Å². The second-order valence-corrected chi connectivity index (χ2v) is 11.5. The summed E-state index contributed by atoms with van der Waals surface area (Å²) in [5.74, 6) is 0.292. The van der Waals surface area contributed by atoms with Crippen LogP contribution in [0, 0.1) is 0 Å². The number of carbonyl (C=O) groups is 2. The highest BCUT2D eigenvalue weighted by atomic mass is 32.2. The molecular weight excluding hydrogens is 542 g/mol. The van der Waals surface area contributed by atoms with Crippen molar-refractivity contribution in [3.8, 4) is 11.5 Å². The number of sulfonamides is 1. The van der Waals surface area contributed by atoms with Crippen LogP contribution in [0.4, 0.5) is 5.69 Å². The standard InChI is InChI=1S/C31H39N3O6S/c1-6-23(3)32-31(36)29(7-2)33(21-24-16-18-26(39-4)19-17-24)30(35)22-34(25-12-11-13-27(20-25)40-5)41(37,38)28-14-9-8-10-15-28/h8-20,23,29H,6-7,21-22H2,1-5H3,(H,32,36)/t23-,29+/m1/s1. The van der Waals surface area contributed by atoms with Crippen molar-refractivity contribution in [1.29, 1.82) is 0 Å². The molecule has 0 bridgehead atoms. The van der Waals surface area contributed by atoms with Crippen LogP contribution in [-0.4, -0.2) is 58.0 Å². The summed E-state index contributed by atoms with van der Waals surface area (Å²) in [7, 11) is -1.10. The summed E-state index contributed by atoms with van der Waals surface area (Å²) in [5.41, 5.74) is 1.04. The number of nitrogens with zero attached hydrogens (tertiary/aromatic N) is 2. The fraction of sp³-hybridized carbons (Fsp3) is 0.355. The number of amides is 2. The van der Waals surface area contributed by atoms with Crippen LogP contribution in [0.25, 0.3) is 0 Å². The van der Waals surface area contributed by atoms with Gasteiger partial charge in [-0.1, -0.05) is 50.2 Å². The Labute approximate surface area is 243 Å². The number of ether oxygens (including phenoxy) is 2. The Morgan fingerprint density at radius 3 is 2.10 bits per heavy atom. The van der Waals surface area contributed by atoms with Gasteiger partial charge < -0.3 is 19.7 Å². The molecule has 1 N–H and O–H groups in total. The van der Waals surface area contributed by atoms with E-state index in [4.69, 9.17) is 9.47 Å². The Bertz CT molecular complexity index is 1400. The van der Waals surface area contributed by atoms with E-state index in [2.05, 4.69) is 5.32 Å². The van der Waals surface area contributed by atoms with Gasteiger partial charge in [-0.25, -0.2) is 8.42 Å². The van der Waals surface area contributed by atoms with E-state index >= 15 is 0 Å². The van der Waals surface area contributed by atoms with Gasteiger partial charge in [0.25, 0.3) is 10.0 Å². The van der Waals surface area contributed by atoms with E-state index in [0.717, 1.165) is 16.3 Å². The van der Waals surface area contributed by atoms with Crippen LogP contribution in [0.3, 0.4) is 0 Å². The van der Waals surface area contributed by atoms with E-state index in [1.807, 2.05) is 32.9 Å². The van der Waals surface area contributed by atoms with E-state index in [9.17, 15) is 18.0 Å². The molecule has 2 amide bonds. The van der Waals surface area contributed by atoms with Crippen LogP contribution in [-0.2, 0) is 26.2 Å². The van der Waals surface area contributed by atoms with Crippen molar-refractivity contribution >= 4 is 27.5 Å². The smallest absolute Gasteiger partial charge is 0.264 e. The maximum atomic E-state index is 14.1. The molecule has 0 unspecified atom stereocenters. The number of rotatable bonds is 14. The molecule has 0 aromatic heterocycles. The second-order valence-electron chi connectivity index (χ2n) is 9.64. The highest BCUT2D eigenvalue weighted by Gasteiger charge is 2.34. The Balaban J connectivity index is 2.06. The van der Waals surface area contributed by atoms with Crippen molar-refractivity contribution in [2.75, 3.05) is 25.1 Å². The Kier molecular flexibility index (Phi) is 11.2. The average molecular weight is 582 g/mol. The van der Waals surface area contributed by atoms with Crippen molar-refractivity contribution < 1.29 is 27.5 Å². The third-order valence-corrected chi connectivity index (χ3v) is 8.64. The number of hydrogen-bond acceptors (Lipinski definition) is 6. The lowest BCUT2D eigenvalue weighted by atomic mass is 10.1. The first-order valence-electron chi connectivity index (χ1n) is 13.6. The van der Waals surface area contributed by atoms with Crippen LogP contribution in [0.5, 0.6) is 11.5 Å². The molecule has 0 saturated carbocycles. The Morgan fingerprint density at radius 1 is 0.854 bits per heavy atom. The van der Waals surface area contributed by atoms with Gasteiger partial charge in [0.05, 0.1) is 24.8 Å². The largest absolute Gasteiger partial charge is 0.497 e. The molecule has 2 atom stereocenters. The van der Waals surface area contributed by atoms with Crippen molar-refractivity contribution in [2.45, 2.75) is 57.1 Å². The quantitative estimate of drug-likeness (QED) is 0.298. The molecule has 9 nitrogen and oxygen atoms in total. The lowest BCUT2D eigenvalue weighted by Gasteiger charge is -2.33. The molecule has 3 rings (SSSR count). The number of methoxy groups -OCH3 is 2. The molecule has 220 valence electrons. The Hall–Kier alpha value is -4.05. The van der Waals surface area contributed by atoms with Crippen LogP contribution in [0.2, 0.25) is 0 Å². The first-order chi connectivity index (χ1) is 19.6. The molecule has 0 fully saturated rings. The van der Waals surface area contributed by atoms with E-state index in [1.54, 1.807) is 61.7 Å². The third kappa shape index (κ3) is 8.00. The van der Waals surface area contributed by atoms with Gasteiger partial charge in [0.1, 0.15) is 24.1 Å². The van der Waals surface area contributed by atoms with Crippen LogP contribution in [0.15, 0.2) is 83.8 Å². The summed E-state index contributed by atoms with van der Waals surface area (Å²) in [6.45, 7) is 5.28. The average Bonchev–Trinajstić information content (AvgIpc) is 3.00. The molecular formula is C31H39N3O6S. The SMILES string of the molecule is CC[C@@H](C)NC(=O)[C@H](CC)N(Cc1ccc(OC)cc1)C(=O)CN(c1cccc(OC)c1)S(=O)(=O)c1ccccc1. The summed E-state index contributed by atoms with van der Waals surface area (Å²) < 4.78 is 39.4. The molecule has 0 aliphatic heterocycles. The highest BCUT2D eigenvalue weighted by molar-refractivity contribution is 7.92. The maximum absolute atomic E-state index is 14.1. The number of nitrogens with one attached hydrogen (secondary N) is 1. The van der Waals surface area contributed by atoms with Gasteiger partial charge >= 0.3 is 0 Å². The van der Waals surface area contributed by atoms with Crippen molar-refractivity contribution in [2.24, 2.45) is 0 Å². The lowest BCUT2D eigenvalue weighted by molar-refractivity contribution is -0.140. The second kappa shape index (κ2) is 14.5. The fourth-order valence-electron chi connectivity index (χ4n) is 4.30. The summed E-state index contributed by atoms with van der Waals surface area (Å²) >= 11 is 0. The summed E-state index contributed by atoms with van der Waals surface area (Å²) in [6, 6.07) is 20.8. The first kappa shape index (κ1) is 31.5. The predicted octanol–water partition coefficient (Wildman–Crippen LogP) is 4.62. The van der Waals surface area contributed by atoms with Crippen molar-refractivity contribution in [3.63, 3.8) is 0 Å². The van der Waals surface area contributed by atoms with Gasteiger partial charge in [0.15, 0.2) is 0 Å². The molecule has 0 heterocycles. The van der Waals surface area contributed by atoms with Gasteiger partial charge in [-0.3, -0.25) is 13.9 Å². The minimum atomic E-state index is -4.15. The fourth-order valence-corrected chi connectivity index (χ4v) is 5.73. The van der Waals surface area contributed by atoms with Gasteiger partial charge in [-0.15, -0.1) is 0 Å². The molecule has 0 radical (unpaired) electrons. The van der Waals surface area contributed by atoms with Gasteiger partial charge in [-0.2, -0.15) is 0 Å². The maximum Gasteiger partial charge on any atom is 0.264 e. The van der Waals surface area contributed by atoms with Crippen LogP contribution < -0.4 is 19.1 Å². The topological polar surface area (TPSA) is 105 Å². The molecule has 10 heteroatoms. The zero-order chi connectivity index (χ0) is 30.0. The van der Waals surface area contributed by atoms with E-state index in [-0.39, 0.29) is 29.1 Å². The molecule has 0 aliphatic rings. The van der Waals surface area contributed by atoms with Crippen LogP contribution in [0.1, 0.15) is 39.2 Å². The molecule has 41 heavy (non-hydrogen) atoms. The molecule has 0 saturated heterocycles. The van der Waals surface area contributed by atoms with Crippen LogP contribution >= 0.6 is 0 Å². The molecule has 0 spiro atoms. The molecule has 3 aromatic carbocycles. The number of anilines is 1. The summed E-state index contributed by atoms with van der Waals surface area (Å²) in [5, 5.41) is 2.97. The third-order valence-electron chi connectivity index (χ3n) is 6.85.